The highest BCUT2D eigenvalue weighted by molar-refractivity contribution is 6.32. The van der Waals surface area contributed by atoms with E-state index in [2.05, 4.69) is 25.9 Å². The molecule has 1 aliphatic rings. The van der Waals surface area contributed by atoms with Crippen LogP contribution < -0.4 is 16.0 Å². The molecular formula is C25H19ClFN5O. The van der Waals surface area contributed by atoms with Gasteiger partial charge < -0.3 is 16.0 Å². The SMILES string of the molecule is O=C(Nc1ccc2cc1CCc1cccc(c1)Nc1ncc(Cl)c(n1)N2)c1cccc(F)c1. The van der Waals surface area contributed by atoms with Gasteiger partial charge in [0.15, 0.2) is 5.82 Å². The fourth-order valence-corrected chi connectivity index (χ4v) is 3.83. The van der Waals surface area contributed by atoms with Crippen LogP contribution in [0.25, 0.3) is 0 Å². The van der Waals surface area contributed by atoms with Gasteiger partial charge in [-0.15, -0.1) is 0 Å². The Morgan fingerprint density at radius 2 is 1.82 bits per heavy atom. The number of amides is 1. The van der Waals surface area contributed by atoms with Gasteiger partial charge in [-0.2, -0.15) is 4.98 Å². The molecule has 1 amide bonds. The van der Waals surface area contributed by atoms with Crippen molar-refractivity contribution < 1.29 is 9.18 Å². The highest BCUT2D eigenvalue weighted by Crippen LogP contribution is 2.29. The Labute approximate surface area is 194 Å². The van der Waals surface area contributed by atoms with Gasteiger partial charge in [-0.1, -0.05) is 29.8 Å². The summed E-state index contributed by atoms with van der Waals surface area (Å²) < 4.78 is 13.6. The fourth-order valence-electron chi connectivity index (χ4n) is 3.69. The van der Waals surface area contributed by atoms with E-state index in [0.29, 0.717) is 28.9 Å². The second-order valence-electron chi connectivity index (χ2n) is 7.68. The van der Waals surface area contributed by atoms with Crippen molar-refractivity contribution in [2.75, 3.05) is 16.0 Å². The third kappa shape index (κ3) is 4.78. The minimum atomic E-state index is -0.456. The topological polar surface area (TPSA) is 78.9 Å². The van der Waals surface area contributed by atoms with Crippen LogP contribution in [0.4, 0.5) is 33.2 Å². The lowest BCUT2D eigenvalue weighted by Gasteiger charge is -2.15. The maximum atomic E-state index is 13.6. The fraction of sp³-hybridized carbons (Fsp3) is 0.0800. The molecule has 6 bridgehead atoms. The molecule has 0 unspecified atom stereocenters. The number of halogens is 2. The van der Waals surface area contributed by atoms with Crippen LogP contribution in [0, 0.1) is 5.82 Å². The quantitative estimate of drug-likeness (QED) is 0.337. The number of aryl methyl sites for hydroxylation is 2. The first-order chi connectivity index (χ1) is 16.0. The largest absolute Gasteiger partial charge is 0.339 e. The molecule has 3 aromatic carbocycles. The number of hydrogen-bond donors (Lipinski definition) is 3. The second kappa shape index (κ2) is 8.88. The average molecular weight is 460 g/mol. The van der Waals surface area contributed by atoms with Crippen LogP contribution in [0.2, 0.25) is 5.02 Å². The predicted octanol–water partition coefficient (Wildman–Crippen LogP) is 6.11. The van der Waals surface area contributed by atoms with E-state index in [0.717, 1.165) is 28.9 Å². The first kappa shape index (κ1) is 20.9. The van der Waals surface area contributed by atoms with Crippen LogP contribution in [0.5, 0.6) is 0 Å². The zero-order chi connectivity index (χ0) is 22.8. The molecule has 6 nitrogen and oxygen atoms in total. The summed E-state index contributed by atoms with van der Waals surface area (Å²) in [5, 5.41) is 9.74. The lowest BCUT2D eigenvalue weighted by atomic mass is 10.0. The summed E-state index contributed by atoms with van der Waals surface area (Å²) in [6, 6.07) is 19.2. The standard InChI is InChI=1S/C25H19ClFN5O/c26-21-14-28-25-30-19-6-1-3-15(11-19)7-8-16-13-20(29-23(21)32-25)9-10-22(16)31-24(33)17-4-2-5-18(27)12-17/h1-6,9-14H,7-8H2,(H,31,33)(H2,28,29,30,32). The van der Waals surface area contributed by atoms with Crippen molar-refractivity contribution in [2.24, 2.45) is 0 Å². The number of carbonyl (C=O) groups excluding carboxylic acids is 1. The summed E-state index contributed by atoms with van der Waals surface area (Å²) in [4.78, 5) is 21.5. The molecule has 164 valence electrons. The van der Waals surface area contributed by atoms with Gasteiger partial charge in [-0.25, -0.2) is 9.37 Å². The van der Waals surface area contributed by atoms with Gasteiger partial charge in [0.25, 0.3) is 5.91 Å². The number of carbonyl (C=O) groups is 1. The molecule has 0 radical (unpaired) electrons. The van der Waals surface area contributed by atoms with E-state index in [1.807, 2.05) is 42.5 Å². The number of hydrogen-bond acceptors (Lipinski definition) is 5. The van der Waals surface area contributed by atoms with Gasteiger partial charge in [0.2, 0.25) is 5.95 Å². The third-order valence-electron chi connectivity index (χ3n) is 5.31. The lowest BCUT2D eigenvalue weighted by Crippen LogP contribution is -2.14. The van der Waals surface area contributed by atoms with Gasteiger partial charge in [0, 0.05) is 22.6 Å². The molecule has 33 heavy (non-hydrogen) atoms. The highest BCUT2D eigenvalue weighted by atomic mass is 35.5. The highest BCUT2D eigenvalue weighted by Gasteiger charge is 2.14. The Morgan fingerprint density at radius 1 is 0.970 bits per heavy atom. The molecule has 0 fully saturated rings. The first-order valence-corrected chi connectivity index (χ1v) is 10.8. The summed E-state index contributed by atoms with van der Waals surface area (Å²) in [5.74, 6) is 0.0659. The van der Waals surface area contributed by atoms with Crippen LogP contribution in [-0.2, 0) is 12.8 Å². The van der Waals surface area contributed by atoms with E-state index in [4.69, 9.17) is 11.6 Å². The monoisotopic (exact) mass is 459 g/mol. The maximum Gasteiger partial charge on any atom is 0.255 e. The van der Waals surface area contributed by atoms with Crippen LogP contribution in [-0.4, -0.2) is 15.9 Å². The molecule has 0 aliphatic carbocycles. The zero-order valence-corrected chi connectivity index (χ0v) is 18.2. The number of benzene rings is 3. The van der Waals surface area contributed by atoms with E-state index in [9.17, 15) is 9.18 Å². The molecule has 0 spiro atoms. The van der Waals surface area contributed by atoms with Crippen molar-refractivity contribution >= 4 is 46.3 Å². The van der Waals surface area contributed by atoms with Crippen LogP contribution >= 0.6 is 11.6 Å². The molecule has 3 N–H and O–H groups in total. The van der Waals surface area contributed by atoms with Gasteiger partial charge in [-0.05, 0) is 72.5 Å². The van der Waals surface area contributed by atoms with Crippen LogP contribution in [0.1, 0.15) is 21.5 Å². The molecule has 1 aliphatic heterocycles. The van der Waals surface area contributed by atoms with E-state index in [1.54, 1.807) is 6.07 Å². The third-order valence-corrected chi connectivity index (χ3v) is 5.59. The average Bonchev–Trinajstić information content (AvgIpc) is 2.81. The van der Waals surface area contributed by atoms with Crippen molar-refractivity contribution in [1.82, 2.24) is 9.97 Å². The van der Waals surface area contributed by atoms with Crippen LogP contribution in [0.15, 0.2) is 72.9 Å². The Kier molecular flexibility index (Phi) is 5.62. The summed E-state index contributed by atoms with van der Waals surface area (Å²) in [6.07, 6.45) is 2.97. The molecule has 5 rings (SSSR count). The Bertz CT molecular complexity index is 1360. The predicted molar refractivity (Wildman–Crippen MR) is 128 cm³/mol. The molecule has 4 aromatic rings. The van der Waals surface area contributed by atoms with E-state index < -0.39 is 5.82 Å². The number of anilines is 5. The van der Waals surface area contributed by atoms with E-state index >= 15 is 0 Å². The molecular weight excluding hydrogens is 441 g/mol. The number of aromatic nitrogens is 2. The summed E-state index contributed by atoms with van der Waals surface area (Å²) in [6.45, 7) is 0. The molecule has 1 aromatic heterocycles. The number of nitrogens with one attached hydrogen (secondary N) is 3. The summed E-state index contributed by atoms with van der Waals surface area (Å²) in [5.41, 5.74) is 4.60. The Morgan fingerprint density at radius 3 is 2.70 bits per heavy atom. The molecule has 0 atom stereocenters. The van der Waals surface area contributed by atoms with E-state index in [1.165, 1.54) is 24.4 Å². The number of rotatable bonds is 2. The smallest absolute Gasteiger partial charge is 0.255 e. The van der Waals surface area contributed by atoms with Crippen molar-refractivity contribution in [3.63, 3.8) is 0 Å². The number of nitrogens with zero attached hydrogens (tertiary/aromatic N) is 2. The Balaban J connectivity index is 1.52. The maximum absolute atomic E-state index is 13.6. The first-order valence-electron chi connectivity index (χ1n) is 10.4. The van der Waals surface area contributed by atoms with Gasteiger partial charge in [0.1, 0.15) is 10.8 Å². The minimum absolute atomic E-state index is 0.258. The zero-order valence-electron chi connectivity index (χ0n) is 17.4. The van der Waals surface area contributed by atoms with Crippen molar-refractivity contribution in [2.45, 2.75) is 12.8 Å². The lowest BCUT2D eigenvalue weighted by molar-refractivity contribution is 0.102. The minimum Gasteiger partial charge on any atom is -0.339 e. The van der Waals surface area contributed by atoms with Crippen molar-refractivity contribution in [3.05, 3.63) is 100 Å². The normalized spacial score (nSPS) is 12.3. The second-order valence-corrected chi connectivity index (χ2v) is 8.08. The summed E-state index contributed by atoms with van der Waals surface area (Å²) >= 11 is 6.31. The van der Waals surface area contributed by atoms with Crippen LogP contribution in [0.3, 0.4) is 0 Å². The molecule has 0 saturated heterocycles. The molecule has 2 heterocycles. The van der Waals surface area contributed by atoms with Gasteiger partial charge in [-0.3, -0.25) is 4.79 Å². The molecule has 8 heteroatoms. The van der Waals surface area contributed by atoms with Crippen molar-refractivity contribution in [3.8, 4) is 0 Å². The van der Waals surface area contributed by atoms with E-state index in [-0.39, 0.29) is 11.5 Å². The molecule has 0 saturated carbocycles. The summed E-state index contributed by atoms with van der Waals surface area (Å²) in [7, 11) is 0. The van der Waals surface area contributed by atoms with Gasteiger partial charge in [0.05, 0.1) is 6.20 Å². The van der Waals surface area contributed by atoms with Gasteiger partial charge >= 0.3 is 0 Å². The number of fused-ring (bicyclic) bond motifs is 6. The van der Waals surface area contributed by atoms with Crippen molar-refractivity contribution in [1.29, 1.82) is 0 Å². The Hall–Kier alpha value is -3.97.